The Kier molecular flexibility index (Phi) is 7.57. The molecule has 7 nitrogen and oxygen atoms in total. The van der Waals surface area contributed by atoms with Crippen molar-refractivity contribution in [2.45, 2.75) is 13.8 Å². The van der Waals surface area contributed by atoms with Crippen LogP contribution in [0.15, 0.2) is 60.8 Å². The van der Waals surface area contributed by atoms with E-state index in [9.17, 15) is 10.1 Å². The number of pyridine rings is 1. The van der Waals surface area contributed by atoms with E-state index in [1.165, 1.54) is 0 Å². The lowest BCUT2D eigenvalue weighted by molar-refractivity contribution is 0.0998. The first kappa shape index (κ1) is 21.8. The number of anilines is 1. The van der Waals surface area contributed by atoms with Crippen molar-refractivity contribution in [3.05, 3.63) is 77.5 Å². The summed E-state index contributed by atoms with van der Waals surface area (Å²) in [7, 11) is 0. The molecule has 1 amide bonds. The predicted molar refractivity (Wildman–Crippen MR) is 117 cm³/mol. The number of carbonyl (C=O) groups is 1. The quantitative estimate of drug-likeness (QED) is 0.506. The summed E-state index contributed by atoms with van der Waals surface area (Å²) >= 11 is 0. The lowest BCUT2D eigenvalue weighted by Gasteiger charge is -2.14. The number of para-hydroxylation sites is 1. The van der Waals surface area contributed by atoms with Gasteiger partial charge in [-0.05, 0) is 61.9 Å². The van der Waals surface area contributed by atoms with E-state index in [-0.39, 0.29) is 11.8 Å². The molecule has 1 aromatic heterocycles. The van der Waals surface area contributed by atoms with Crippen LogP contribution in [0.2, 0.25) is 0 Å². The topological polar surface area (TPSA) is 93.5 Å². The summed E-state index contributed by atoms with van der Waals surface area (Å²) in [4.78, 5) is 16.9. The zero-order chi connectivity index (χ0) is 22.1. The van der Waals surface area contributed by atoms with E-state index in [0.29, 0.717) is 48.1 Å². The van der Waals surface area contributed by atoms with E-state index in [4.69, 9.17) is 14.2 Å². The number of nitrogens with zero attached hydrogens (tertiary/aromatic N) is 2. The molecule has 0 radical (unpaired) electrons. The maximum Gasteiger partial charge on any atom is 0.259 e. The van der Waals surface area contributed by atoms with Crippen molar-refractivity contribution in [3.63, 3.8) is 0 Å². The molecule has 158 valence electrons. The molecule has 0 saturated carbocycles. The van der Waals surface area contributed by atoms with E-state index in [1.807, 2.05) is 26.0 Å². The van der Waals surface area contributed by atoms with Crippen LogP contribution >= 0.6 is 0 Å². The molecular formula is C24H23N3O4. The summed E-state index contributed by atoms with van der Waals surface area (Å²) < 4.78 is 16.7. The average molecular weight is 417 g/mol. The van der Waals surface area contributed by atoms with Crippen LogP contribution in [-0.4, -0.2) is 30.7 Å². The second kappa shape index (κ2) is 10.8. The van der Waals surface area contributed by atoms with Crippen LogP contribution in [0.25, 0.3) is 0 Å². The van der Waals surface area contributed by atoms with Crippen LogP contribution in [0.3, 0.4) is 0 Å². The number of nitrogens with one attached hydrogen (secondary N) is 1. The first-order valence-corrected chi connectivity index (χ1v) is 9.87. The van der Waals surface area contributed by atoms with Gasteiger partial charge in [0.05, 0.1) is 12.2 Å². The molecule has 0 aliphatic rings. The number of rotatable bonds is 9. The summed E-state index contributed by atoms with van der Waals surface area (Å²) in [6, 6.07) is 17.7. The van der Waals surface area contributed by atoms with Crippen LogP contribution in [0.1, 0.15) is 28.4 Å². The Labute approximate surface area is 181 Å². The largest absolute Gasteiger partial charge is 0.490 e. The van der Waals surface area contributed by atoms with E-state index in [1.54, 1.807) is 54.7 Å². The van der Waals surface area contributed by atoms with E-state index < -0.39 is 0 Å². The first-order valence-electron chi connectivity index (χ1n) is 9.87. The lowest BCUT2D eigenvalue weighted by Crippen LogP contribution is -2.15. The fraction of sp³-hybridized carbons (Fsp3) is 0.208. The number of amides is 1. The number of ether oxygens (including phenoxy) is 3. The molecule has 7 heteroatoms. The number of hydrogen-bond acceptors (Lipinski definition) is 6. The van der Waals surface area contributed by atoms with Crippen LogP contribution < -0.4 is 14.8 Å². The highest BCUT2D eigenvalue weighted by Gasteiger charge is 2.14. The van der Waals surface area contributed by atoms with Crippen molar-refractivity contribution >= 4 is 11.6 Å². The molecule has 31 heavy (non-hydrogen) atoms. The summed E-state index contributed by atoms with van der Waals surface area (Å²) in [5, 5.41) is 12.1. The van der Waals surface area contributed by atoms with Gasteiger partial charge in [0.1, 0.15) is 29.7 Å². The van der Waals surface area contributed by atoms with Crippen LogP contribution in [0.5, 0.6) is 17.4 Å². The minimum atomic E-state index is -0.278. The monoisotopic (exact) mass is 417 g/mol. The lowest BCUT2D eigenvalue weighted by atomic mass is 10.1. The van der Waals surface area contributed by atoms with E-state index >= 15 is 0 Å². The molecule has 0 unspecified atom stereocenters. The van der Waals surface area contributed by atoms with Crippen molar-refractivity contribution in [1.82, 2.24) is 4.98 Å². The van der Waals surface area contributed by atoms with Crippen LogP contribution in [-0.2, 0) is 4.74 Å². The number of nitriles is 1. The Balaban J connectivity index is 1.71. The summed E-state index contributed by atoms with van der Waals surface area (Å²) in [5.41, 5.74) is 2.22. The zero-order valence-corrected chi connectivity index (χ0v) is 17.4. The van der Waals surface area contributed by atoms with E-state index in [2.05, 4.69) is 10.3 Å². The van der Waals surface area contributed by atoms with Gasteiger partial charge in [-0.1, -0.05) is 12.1 Å². The number of aromatic nitrogens is 1. The van der Waals surface area contributed by atoms with Gasteiger partial charge in [0, 0.05) is 18.5 Å². The van der Waals surface area contributed by atoms with Gasteiger partial charge in [0.2, 0.25) is 5.88 Å². The average Bonchev–Trinajstić information content (AvgIpc) is 2.79. The minimum absolute atomic E-state index is 0.235. The smallest absolute Gasteiger partial charge is 0.259 e. The number of benzene rings is 2. The Morgan fingerprint density at radius 2 is 1.97 bits per heavy atom. The van der Waals surface area contributed by atoms with Gasteiger partial charge in [0.25, 0.3) is 5.91 Å². The van der Waals surface area contributed by atoms with Gasteiger partial charge in [-0.15, -0.1) is 0 Å². The highest BCUT2D eigenvalue weighted by molar-refractivity contribution is 6.06. The third kappa shape index (κ3) is 5.81. The highest BCUT2D eigenvalue weighted by atomic mass is 16.5. The number of hydrogen-bond donors (Lipinski definition) is 1. The van der Waals surface area contributed by atoms with Gasteiger partial charge in [-0.2, -0.15) is 5.26 Å². The number of carbonyl (C=O) groups excluding carboxylic acids is 1. The fourth-order valence-corrected chi connectivity index (χ4v) is 2.83. The van der Waals surface area contributed by atoms with Gasteiger partial charge in [-0.3, -0.25) is 4.79 Å². The molecule has 0 spiro atoms. The molecule has 0 atom stereocenters. The van der Waals surface area contributed by atoms with Gasteiger partial charge < -0.3 is 19.5 Å². The van der Waals surface area contributed by atoms with E-state index in [0.717, 1.165) is 5.56 Å². The Morgan fingerprint density at radius 1 is 1.13 bits per heavy atom. The first-order chi connectivity index (χ1) is 15.1. The molecular weight excluding hydrogens is 394 g/mol. The summed E-state index contributed by atoms with van der Waals surface area (Å²) in [6.45, 7) is 5.20. The molecule has 0 fully saturated rings. The Hall–Kier alpha value is -3.89. The normalized spacial score (nSPS) is 10.2. The SMILES string of the molecule is CCOCCOc1ccccc1C(=O)Nc1ccc(Oc2ncccc2C#N)cc1C. The van der Waals surface area contributed by atoms with Crippen molar-refractivity contribution in [2.75, 3.05) is 25.1 Å². The molecule has 3 aromatic rings. The third-order valence-corrected chi connectivity index (χ3v) is 4.37. The molecule has 0 aliphatic carbocycles. The standard InChI is InChI=1S/C24H23N3O4/c1-3-29-13-14-30-22-9-5-4-8-20(22)23(28)27-21-11-10-19(15-17(21)2)31-24-18(16-25)7-6-12-26-24/h4-12,15H,3,13-14H2,1-2H3,(H,27,28). The molecule has 3 rings (SSSR count). The second-order valence-electron chi connectivity index (χ2n) is 6.54. The summed E-state index contributed by atoms with van der Waals surface area (Å²) in [6.07, 6.45) is 1.56. The maximum absolute atomic E-state index is 12.8. The molecule has 1 N–H and O–H groups in total. The van der Waals surface area contributed by atoms with Crippen molar-refractivity contribution in [3.8, 4) is 23.4 Å². The second-order valence-corrected chi connectivity index (χ2v) is 6.54. The van der Waals surface area contributed by atoms with Gasteiger partial charge in [0.15, 0.2) is 0 Å². The molecule has 0 aliphatic heterocycles. The Morgan fingerprint density at radius 3 is 2.74 bits per heavy atom. The molecule has 1 heterocycles. The molecule has 2 aromatic carbocycles. The fourth-order valence-electron chi connectivity index (χ4n) is 2.83. The third-order valence-electron chi connectivity index (χ3n) is 4.37. The van der Waals surface area contributed by atoms with Gasteiger partial charge >= 0.3 is 0 Å². The van der Waals surface area contributed by atoms with Gasteiger partial charge in [-0.25, -0.2) is 4.98 Å². The molecule has 0 bridgehead atoms. The Bertz CT molecular complexity index is 1090. The summed E-state index contributed by atoms with van der Waals surface area (Å²) in [5.74, 6) is 0.974. The van der Waals surface area contributed by atoms with Crippen molar-refractivity contribution < 1.29 is 19.0 Å². The van der Waals surface area contributed by atoms with Crippen LogP contribution in [0, 0.1) is 18.3 Å². The molecule has 0 saturated heterocycles. The maximum atomic E-state index is 12.8. The number of aryl methyl sites for hydroxylation is 1. The van der Waals surface area contributed by atoms with Crippen molar-refractivity contribution in [1.29, 1.82) is 5.26 Å². The minimum Gasteiger partial charge on any atom is -0.490 e. The predicted octanol–water partition coefficient (Wildman–Crippen LogP) is 4.72. The van der Waals surface area contributed by atoms with Crippen molar-refractivity contribution in [2.24, 2.45) is 0 Å². The van der Waals surface area contributed by atoms with Crippen LogP contribution in [0.4, 0.5) is 5.69 Å². The highest BCUT2D eigenvalue weighted by Crippen LogP contribution is 2.27. The zero-order valence-electron chi connectivity index (χ0n) is 17.4.